The van der Waals surface area contributed by atoms with E-state index in [9.17, 15) is 4.79 Å². The van der Waals surface area contributed by atoms with Crippen molar-refractivity contribution in [1.29, 1.82) is 0 Å². The van der Waals surface area contributed by atoms with Gasteiger partial charge in [0.25, 0.3) is 0 Å². The number of hydrogen-bond donors (Lipinski definition) is 2. The molecule has 0 atom stereocenters. The van der Waals surface area contributed by atoms with Crippen molar-refractivity contribution in [3.63, 3.8) is 0 Å². The van der Waals surface area contributed by atoms with Crippen molar-refractivity contribution in [3.05, 3.63) is 28.2 Å². The predicted octanol–water partition coefficient (Wildman–Crippen LogP) is 3.75. The van der Waals surface area contributed by atoms with E-state index in [1.165, 1.54) is 25.7 Å². The summed E-state index contributed by atoms with van der Waals surface area (Å²) in [4.78, 5) is 11.2. The minimum absolute atomic E-state index is 0.352. The fourth-order valence-electron chi connectivity index (χ4n) is 2.71. The molecular formula is C14H16BrNO2. The van der Waals surface area contributed by atoms with Crippen LogP contribution in [0.25, 0.3) is 0 Å². The smallest absolute Gasteiger partial charge is 0.337 e. The molecule has 1 aromatic rings. The molecule has 3 rings (SSSR count). The zero-order valence-corrected chi connectivity index (χ0v) is 11.7. The van der Waals surface area contributed by atoms with E-state index in [0.29, 0.717) is 11.0 Å². The van der Waals surface area contributed by atoms with Gasteiger partial charge in [-0.15, -0.1) is 0 Å². The summed E-state index contributed by atoms with van der Waals surface area (Å²) in [5.41, 5.74) is 1.55. The fourth-order valence-corrected chi connectivity index (χ4v) is 3.07. The molecule has 2 saturated carbocycles. The van der Waals surface area contributed by atoms with Crippen LogP contribution < -0.4 is 5.32 Å². The number of halogens is 1. The number of aromatic carboxylic acids is 1. The molecule has 96 valence electrons. The van der Waals surface area contributed by atoms with Crippen LogP contribution in [0.15, 0.2) is 22.7 Å². The highest BCUT2D eigenvalue weighted by atomic mass is 79.9. The first-order valence-corrected chi connectivity index (χ1v) is 7.17. The lowest BCUT2D eigenvalue weighted by Gasteiger charge is -2.17. The molecule has 4 heteroatoms. The summed E-state index contributed by atoms with van der Waals surface area (Å²) in [7, 11) is 0. The molecule has 0 radical (unpaired) electrons. The zero-order chi connectivity index (χ0) is 12.8. The first-order valence-electron chi connectivity index (χ1n) is 6.37. The summed E-state index contributed by atoms with van der Waals surface area (Å²) >= 11 is 3.39. The molecule has 3 nitrogen and oxygen atoms in total. The molecule has 0 heterocycles. The van der Waals surface area contributed by atoms with E-state index in [1.54, 1.807) is 12.1 Å². The molecule has 0 unspecified atom stereocenters. The van der Waals surface area contributed by atoms with E-state index in [2.05, 4.69) is 21.2 Å². The first-order chi connectivity index (χ1) is 8.61. The highest BCUT2D eigenvalue weighted by Gasteiger charge is 2.53. The Morgan fingerprint density at radius 1 is 1.44 bits per heavy atom. The largest absolute Gasteiger partial charge is 0.478 e. The van der Waals surface area contributed by atoms with Crippen molar-refractivity contribution in [1.82, 2.24) is 0 Å². The molecule has 0 aliphatic heterocycles. The SMILES string of the molecule is O=C(O)c1ccc(Br)cc1NCC1(C2CC2)CC1. The average molecular weight is 310 g/mol. The maximum atomic E-state index is 11.2. The lowest BCUT2D eigenvalue weighted by molar-refractivity contribution is 0.0698. The molecule has 2 aliphatic rings. The van der Waals surface area contributed by atoms with E-state index in [1.807, 2.05) is 6.07 Å². The quantitative estimate of drug-likeness (QED) is 0.871. The summed E-state index contributed by atoms with van der Waals surface area (Å²) in [5, 5.41) is 12.5. The third-order valence-electron chi connectivity index (χ3n) is 4.18. The second-order valence-electron chi connectivity index (χ2n) is 5.49. The van der Waals surface area contributed by atoms with Crippen molar-refractivity contribution in [2.45, 2.75) is 25.7 Å². The first kappa shape index (κ1) is 12.0. The Morgan fingerprint density at radius 2 is 2.17 bits per heavy atom. The van der Waals surface area contributed by atoms with Crippen LogP contribution in [0.3, 0.4) is 0 Å². The van der Waals surface area contributed by atoms with Crippen LogP contribution in [0, 0.1) is 11.3 Å². The molecule has 2 aliphatic carbocycles. The van der Waals surface area contributed by atoms with Crippen molar-refractivity contribution in [3.8, 4) is 0 Å². The number of carboxylic acids is 1. The molecule has 0 aromatic heterocycles. The number of carboxylic acid groups (broad SMARTS) is 1. The summed E-state index contributed by atoms with van der Waals surface area (Å²) in [6, 6.07) is 5.26. The second-order valence-corrected chi connectivity index (χ2v) is 6.40. The van der Waals surface area contributed by atoms with Crippen molar-refractivity contribution in [2.24, 2.45) is 11.3 Å². The summed E-state index contributed by atoms with van der Waals surface area (Å²) in [6.07, 6.45) is 5.29. The summed E-state index contributed by atoms with van der Waals surface area (Å²) in [5.74, 6) is 0.00620. The number of benzene rings is 1. The van der Waals surface area contributed by atoms with Crippen molar-refractivity contribution < 1.29 is 9.90 Å². The second kappa shape index (κ2) is 4.26. The van der Waals surface area contributed by atoms with Crippen LogP contribution in [-0.2, 0) is 0 Å². The van der Waals surface area contributed by atoms with Gasteiger partial charge in [-0.3, -0.25) is 0 Å². The number of rotatable bonds is 5. The van der Waals surface area contributed by atoms with Gasteiger partial charge in [-0.1, -0.05) is 15.9 Å². The highest BCUT2D eigenvalue weighted by Crippen LogP contribution is 2.61. The normalized spacial score (nSPS) is 20.5. The van der Waals surface area contributed by atoms with Gasteiger partial charge in [0, 0.05) is 16.7 Å². The van der Waals surface area contributed by atoms with Crippen LogP contribution in [-0.4, -0.2) is 17.6 Å². The maximum Gasteiger partial charge on any atom is 0.337 e. The fraction of sp³-hybridized carbons (Fsp3) is 0.500. The minimum atomic E-state index is -0.874. The topological polar surface area (TPSA) is 49.3 Å². The van der Waals surface area contributed by atoms with Gasteiger partial charge < -0.3 is 10.4 Å². The van der Waals surface area contributed by atoms with Crippen LogP contribution >= 0.6 is 15.9 Å². The van der Waals surface area contributed by atoms with Gasteiger partial charge in [0.05, 0.1) is 5.56 Å². The summed E-state index contributed by atoms with van der Waals surface area (Å²) in [6.45, 7) is 0.911. The molecule has 1 aromatic carbocycles. The van der Waals surface area contributed by atoms with E-state index in [0.717, 1.165) is 22.6 Å². The van der Waals surface area contributed by atoms with Crippen molar-refractivity contribution >= 4 is 27.6 Å². The Hall–Kier alpha value is -1.03. The van der Waals surface area contributed by atoms with Gasteiger partial charge in [0.2, 0.25) is 0 Å². The Bertz CT molecular complexity index is 493. The Kier molecular flexibility index (Phi) is 2.85. The lowest BCUT2D eigenvalue weighted by atomic mass is 10.0. The number of nitrogens with one attached hydrogen (secondary N) is 1. The van der Waals surface area contributed by atoms with Gasteiger partial charge in [-0.25, -0.2) is 4.79 Å². The monoisotopic (exact) mass is 309 g/mol. The minimum Gasteiger partial charge on any atom is -0.478 e. The molecule has 2 fully saturated rings. The predicted molar refractivity (Wildman–Crippen MR) is 74.0 cm³/mol. The van der Waals surface area contributed by atoms with E-state index >= 15 is 0 Å². The molecule has 0 spiro atoms. The van der Waals surface area contributed by atoms with Gasteiger partial charge >= 0.3 is 5.97 Å². The number of anilines is 1. The third kappa shape index (κ3) is 2.26. The molecular weight excluding hydrogens is 294 g/mol. The zero-order valence-electron chi connectivity index (χ0n) is 10.1. The molecule has 18 heavy (non-hydrogen) atoms. The Morgan fingerprint density at radius 3 is 2.72 bits per heavy atom. The van der Waals surface area contributed by atoms with E-state index in [-0.39, 0.29) is 0 Å². The Labute approximate surface area is 115 Å². The standard InChI is InChI=1S/C14H16BrNO2/c15-10-3-4-11(13(17)18)12(7-10)16-8-14(5-6-14)9-1-2-9/h3-4,7,9,16H,1-2,5-6,8H2,(H,17,18). The van der Waals surface area contributed by atoms with Crippen LogP contribution in [0.2, 0.25) is 0 Å². The van der Waals surface area contributed by atoms with E-state index in [4.69, 9.17) is 5.11 Å². The van der Waals surface area contributed by atoms with Gasteiger partial charge in [0.15, 0.2) is 0 Å². The molecule has 0 bridgehead atoms. The highest BCUT2D eigenvalue weighted by molar-refractivity contribution is 9.10. The van der Waals surface area contributed by atoms with Crippen LogP contribution in [0.4, 0.5) is 5.69 Å². The lowest BCUT2D eigenvalue weighted by Crippen LogP contribution is -2.18. The van der Waals surface area contributed by atoms with Gasteiger partial charge in [0.1, 0.15) is 0 Å². The van der Waals surface area contributed by atoms with E-state index < -0.39 is 5.97 Å². The van der Waals surface area contributed by atoms with Crippen LogP contribution in [0.1, 0.15) is 36.0 Å². The van der Waals surface area contributed by atoms with Crippen LogP contribution in [0.5, 0.6) is 0 Å². The number of carbonyl (C=O) groups is 1. The number of hydrogen-bond acceptors (Lipinski definition) is 2. The summed E-state index contributed by atoms with van der Waals surface area (Å²) < 4.78 is 0.909. The molecule has 0 saturated heterocycles. The Balaban J connectivity index is 1.75. The maximum absolute atomic E-state index is 11.2. The van der Waals surface area contributed by atoms with Crippen molar-refractivity contribution in [2.75, 3.05) is 11.9 Å². The van der Waals surface area contributed by atoms with Gasteiger partial charge in [-0.2, -0.15) is 0 Å². The molecule has 0 amide bonds. The average Bonchev–Trinajstić information content (AvgIpc) is 3.18. The van der Waals surface area contributed by atoms with Gasteiger partial charge in [-0.05, 0) is 55.2 Å². The molecule has 2 N–H and O–H groups in total. The third-order valence-corrected chi connectivity index (χ3v) is 4.67.